The Kier molecular flexibility index (Phi) is 7.62. The van der Waals surface area contributed by atoms with Crippen LogP contribution in [0.2, 0.25) is 0 Å². The fraction of sp³-hybridized carbons (Fsp3) is 0.375. The number of likely N-dealkylation sites (N-methyl/N-ethyl adjacent to an activating group) is 1. The molecule has 1 aromatic carbocycles. The van der Waals surface area contributed by atoms with Crippen LogP contribution in [0.25, 0.3) is 0 Å². The van der Waals surface area contributed by atoms with E-state index in [0.717, 1.165) is 0 Å². The van der Waals surface area contributed by atoms with E-state index in [0.29, 0.717) is 31.1 Å². The summed E-state index contributed by atoms with van der Waals surface area (Å²) in [6, 6.07) is 4.07. The van der Waals surface area contributed by atoms with Gasteiger partial charge in [0.15, 0.2) is 6.29 Å². The number of nitrogens with two attached hydrogens (primary N) is 1. The van der Waals surface area contributed by atoms with E-state index in [9.17, 15) is 19.2 Å². The molecule has 7 heteroatoms. The number of hydrogen-bond acceptors (Lipinski definition) is 5. The molecule has 2 amide bonds. The summed E-state index contributed by atoms with van der Waals surface area (Å²) in [6.07, 6.45) is 2.10. The molecule has 0 aromatic heterocycles. The van der Waals surface area contributed by atoms with Gasteiger partial charge in [-0.05, 0) is 31.0 Å². The average molecular weight is 319 g/mol. The van der Waals surface area contributed by atoms with E-state index >= 15 is 0 Å². The number of amides is 2. The summed E-state index contributed by atoms with van der Waals surface area (Å²) < 4.78 is 0. The van der Waals surface area contributed by atoms with Crippen LogP contribution in [-0.4, -0.2) is 44.0 Å². The first-order valence-corrected chi connectivity index (χ1v) is 7.32. The Morgan fingerprint density at radius 1 is 1.30 bits per heavy atom. The molecule has 0 saturated heterocycles. The van der Waals surface area contributed by atoms with E-state index in [1.165, 1.54) is 13.1 Å². The van der Waals surface area contributed by atoms with Crippen molar-refractivity contribution in [1.29, 1.82) is 0 Å². The third-order valence-electron chi connectivity index (χ3n) is 3.41. The topological polar surface area (TPSA) is 118 Å². The van der Waals surface area contributed by atoms with Crippen molar-refractivity contribution in [2.45, 2.75) is 25.3 Å². The number of carbonyl (C=O) groups excluding carboxylic acids is 4. The lowest BCUT2D eigenvalue weighted by atomic mass is 9.98. The molecule has 0 fully saturated rings. The second-order valence-corrected chi connectivity index (χ2v) is 4.92. The summed E-state index contributed by atoms with van der Waals surface area (Å²) in [4.78, 5) is 46.0. The molecule has 0 radical (unpaired) electrons. The molecule has 23 heavy (non-hydrogen) atoms. The molecule has 0 heterocycles. The van der Waals surface area contributed by atoms with Crippen molar-refractivity contribution in [2.75, 3.05) is 13.6 Å². The van der Waals surface area contributed by atoms with E-state index in [4.69, 9.17) is 5.73 Å². The second-order valence-electron chi connectivity index (χ2n) is 4.92. The molecule has 124 valence electrons. The van der Waals surface area contributed by atoms with Gasteiger partial charge in [-0.3, -0.25) is 14.4 Å². The fourth-order valence-corrected chi connectivity index (χ4v) is 2.24. The highest BCUT2D eigenvalue weighted by Crippen LogP contribution is 2.14. The van der Waals surface area contributed by atoms with E-state index in [1.54, 1.807) is 12.1 Å². The Morgan fingerprint density at radius 2 is 2.04 bits per heavy atom. The second kappa shape index (κ2) is 9.47. The lowest BCUT2D eigenvalue weighted by molar-refractivity contribution is -0.122. The van der Waals surface area contributed by atoms with E-state index in [1.807, 2.05) is 0 Å². The Hall–Kier alpha value is -2.54. The maximum absolute atomic E-state index is 12.4. The van der Waals surface area contributed by atoms with Crippen LogP contribution in [0.4, 0.5) is 0 Å². The van der Waals surface area contributed by atoms with Gasteiger partial charge in [0, 0.05) is 19.0 Å². The Bertz CT molecular complexity index is 587. The maximum Gasteiger partial charge on any atom is 0.252 e. The fourth-order valence-electron chi connectivity index (χ4n) is 2.24. The van der Waals surface area contributed by atoms with Crippen molar-refractivity contribution in [3.8, 4) is 0 Å². The van der Waals surface area contributed by atoms with Gasteiger partial charge < -0.3 is 21.2 Å². The van der Waals surface area contributed by atoms with Crippen LogP contribution in [0.5, 0.6) is 0 Å². The summed E-state index contributed by atoms with van der Waals surface area (Å²) in [5.41, 5.74) is 6.63. The Morgan fingerprint density at radius 3 is 2.61 bits per heavy atom. The first-order chi connectivity index (χ1) is 11.1. The molecular weight excluding hydrogens is 298 g/mol. The number of hydrogen-bond donors (Lipinski definition) is 3. The SMILES string of the molecule is CNC(=O)C(CCC=O)NC(=O)c1cccc(CCN)c1C=O. The summed E-state index contributed by atoms with van der Waals surface area (Å²) in [6.45, 7) is 0.353. The van der Waals surface area contributed by atoms with Crippen LogP contribution >= 0.6 is 0 Å². The van der Waals surface area contributed by atoms with E-state index in [2.05, 4.69) is 10.6 Å². The highest BCUT2D eigenvalue weighted by atomic mass is 16.2. The normalized spacial score (nSPS) is 11.4. The van der Waals surface area contributed by atoms with Crippen LogP contribution in [-0.2, 0) is 16.0 Å². The zero-order valence-electron chi connectivity index (χ0n) is 13.0. The molecule has 1 rings (SSSR count). The molecule has 1 unspecified atom stereocenters. The standard InChI is InChI=1S/C16H21N3O4/c1-18-16(23)14(6-3-9-20)19-15(22)12-5-2-4-11(7-8-17)13(12)10-21/h2,4-5,9-10,14H,3,6-8,17H2,1H3,(H,18,23)(H,19,22). The third-order valence-corrected chi connectivity index (χ3v) is 3.41. The Labute approximate surface area is 134 Å². The Balaban J connectivity index is 3.03. The van der Waals surface area contributed by atoms with Crippen molar-refractivity contribution in [3.05, 3.63) is 34.9 Å². The average Bonchev–Trinajstić information content (AvgIpc) is 2.57. The number of nitrogens with one attached hydrogen (secondary N) is 2. The van der Waals surface area contributed by atoms with Crippen LogP contribution in [0.1, 0.15) is 39.1 Å². The zero-order valence-corrected chi connectivity index (χ0v) is 13.0. The van der Waals surface area contributed by atoms with Crippen LogP contribution in [0.3, 0.4) is 0 Å². The summed E-state index contributed by atoms with van der Waals surface area (Å²) in [5, 5.41) is 5.00. The summed E-state index contributed by atoms with van der Waals surface area (Å²) in [7, 11) is 1.45. The predicted molar refractivity (Wildman–Crippen MR) is 85.2 cm³/mol. The maximum atomic E-state index is 12.4. The van der Waals surface area contributed by atoms with Gasteiger partial charge in [-0.25, -0.2) is 0 Å². The minimum atomic E-state index is -0.838. The smallest absolute Gasteiger partial charge is 0.252 e. The molecule has 1 atom stereocenters. The summed E-state index contributed by atoms with van der Waals surface area (Å²) >= 11 is 0. The first kappa shape index (κ1) is 18.5. The molecular formula is C16H21N3O4. The minimum absolute atomic E-state index is 0.145. The first-order valence-electron chi connectivity index (χ1n) is 7.32. The van der Waals surface area contributed by atoms with Crippen molar-refractivity contribution >= 4 is 24.4 Å². The van der Waals surface area contributed by atoms with Gasteiger partial charge in [0.25, 0.3) is 5.91 Å². The van der Waals surface area contributed by atoms with E-state index in [-0.39, 0.29) is 24.0 Å². The molecule has 1 aromatic rings. The monoisotopic (exact) mass is 319 g/mol. The molecule has 0 saturated carbocycles. The molecule has 0 aliphatic rings. The molecule has 7 nitrogen and oxygen atoms in total. The van der Waals surface area contributed by atoms with Crippen molar-refractivity contribution in [1.82, 2.24) is 10.6 Å². The van der Waals surface area contributed by atoms with Crippen LogP contribution < -0.4 is 16.4 Å². The van der Waals surface area contributed by atoms with Gasteiger partial charge in [-0.2, -0.15) is 0 Å². The van der Waals surface area contributed by atoms with Gasteiger partial charge in [0.2, 0.25) is 5.91 Å². The van der Waals surface area contributed by atoms with Gasteiger partial charge in [-0.1, -0.05) is 12.1 Å². The number of benzene rings is 1. The number of rotatable bonds is 9. The molecule has 0 bridgehead atoms. The molecule has 0 aliphatic heterocycles. The largest absolute Gasteiger partial charge is 0.357 e. The molecule has 0 aliphatic carbocycles. The number of carbonyl (C=O) groups is 4. The highest BCUT2D eigenvalue weighted by molar-refractivity contribution is 6.03. The lowest BCUT2D eigenvalue weighted by Gasteiger charge is -2.17. The van der Waals surface area contributed by atoms with Gasteiger partial charge in [0.05, 0.1) is 5.56 Å². The third kappa shape index (κ3) is 5.00. The zero-order chi connectivity index (χ0) is 17.2. The lowest BCUT2D eigenvalue weighted by Crippen LogP contribution is -2.46. The van der Waals surface area contributed by atoms with Gasteiger partial charge in [-0.15, -0.1) is 0 Å². The van der Waals surface area contributed by atoms with Gasteiger partial charge in [0.1, 0.15) is 12.3 Å². The molecule has 0 spiro atoms. The van der Waals surface area contributed by atoms with E-state index < -0.39 is 17.9 Å². The van der Waals surface area contributed by atoms with Crippen molar-refractivity contribution in [3.63, 3.8) is 0 Å². The van der Waals surface area contributed by atoms with Crippen molar-refractivity contribution in [2.24, 2.45) is 5.73 Å². The van der Waals surface area contributed by atoms with Crippen LogP contribution in [0, 0.1) is 0 Å². The quantitative estimate of drug-likeness (QED) is 0.546. The van der Waals surface area contributed by atoms with Crippen molar-refractivity contribution < 1.29 is 19.2 Å². The summed E-state index contributed by atoms with van der Waals surface area (Å²) in [5.74, 6) is -0.934. The van der Waals surface area contributed by atoms with Gasteiger partial charge >= 0.3 is 0 Å². The minimum Gasteiger partial charge on any atom is -0.357 e. The molecule has 4 N–H and O–H groups in total. The van der Waals surface area contributed by atoms with Crippen LogP contribution in [0.15, 0.2) is 18.2 Å². The predicted octanol–water partition coefficient (Wildman–Crippen LogP) is -0.176. The highest BCUT2D eigenvalue weighted by Gasteiger charge is 2.22. The number of aldehydes is 2.